The number of hydrogen-bond donors (Lipinski definition) is 2. The lowest BCUT2D eigenvalue weighted by molar-refractivity contribution is -0.126. The maximum atomic E-state index is 12.0. The van der Waals surface area contributed by atoms with Gasteiger partial charge in [0, 0.05) is 43.7 Å². The average molecular weight is 324 g/mol. The molecule has 1 aromatic carbocycles. The minimum absolute atomic E-state index is 0.0793. The molecule has 6 nitrogen and oxygen atoms in total. The molecule has 1 aliphatic rings. The molecule has 1 atom stereocenters. The number of halogens is 1. The van der Waals surface area contributed by atoms with E-state index >= 15 is 0 Å². The van der Waals surface area contributed by atoms with Crippen LogP contribution in [0.3, 0.4) is 0 Å². The van der Waals surface area contributed by atoms with Crippen LogP contribution in [-0.4, -0.2) is 37.4 Å². The van der Waals surface area contributed by atoms with Crippen LogP contribution < -0.4 is 15.5 Å². The van der Waals surface area contributed by atoms with Crippen LogP contribution in [-0.2, 0) is 14.4 Å². The molecule has 2 rings (SSSR count). The fourth-order valence-corrected chi connectivity index (χ4v) is 2.45. The Balaban J connectivity index is 1.87. The molecule has 3 amide bonds. The Labute approximate surface area is 133 Å². The lowest BCUT2D eigenvalue weighted by atomic mass is 10.1. The number of carbonyl (C=O) groups is 3. The maximum absolute atomic E-state index is 12.0. The predicted molar refractivity (Wildman–Crippen MR) is 83.6 cm³/mol. The Bertz CT molecular complexity index is 574. The molecule has 1 saturated heterocycles. The van der Waals surface area contributed by atoms with Crippen molar-refractivity contribution in [2.75, 3.05) is 24.5 Å². The van der Waals surface area contributed by atoms with Crippen molar-refractivity contribution in [1.82, 2.24) is 10.6 Å². The van der Waals surface area contributed by atoms with E-state index in [-0.39, 0.29) is 30.1 Å². The summed E-state index contributed by atoms with van der Waals surface area (Å²) in [5.74, 6) is -0.765. The number of nitrogens with zero attached hydrogens (tertiary/aromatic N) is 1. The van der Waals surface area contributed by atoms with Gasteiger partial charge in [-0.1, -0.05) is 11.6 Å². The zero-order valence-corrected chi connectivity index (χ0v) is 13.0. The first-order valence-corrected chi connectivity index (χ1v) is 7.43. The van der Waals surface area contributed by atoms with Crippen molar-refractivity contribution in [1.29, 1.82) is 0 Å². The zero-order valence-electron chi connectivity index (χ0n) is 12.3. The summed E-state index contributed by atoms with van der Waals surface area (Å²) < 4.78 is 0. The summed E-state index contributed by atoms with van der Waals surface area (Å²) in [4.78, 5) is 36.4. The molecule has 0 aliphatic carbocycles. The fourth-order valence-electron chi connectivity index (χ4n) is 2.32. The standard InChI is InChI=1S/C15H18ClN3O3/c1-10(20)17-6-7-18-15(22)11-8-14(21)19(9-11)13-4-2-12(16)3-5-13/h2-5,11H,6-9H2,1H3,(H,17,20)(H,18,22). The van der Waals surface area contributed by atoms with Crippen molar-refractivity contribution >= 4 is 35.0 Å². The molecule has 22 heavy (non-hydrogen) atoms. The van der Waals surface area contributed by atoms with E-state index in [4.69, 9.17) is 11.6 Å². The monoisotopic (exact) mass is 323 g/mol. The average Bonchev–Trinajstić information content (AvgIpc) is 2.86. The molecule has 0 spiro atoms. The van der Waals surface area contributed by atoms with Crippen molar-refractivity contribution in [3.05, 3.63) is 29.3 Å². The van der Waals surface area contributed by atoms with E-state index in [1.54, 1.807) is 29.2 Å². The molecule has 0 radical (unpaired) electrons. The van der Waals surface area contributed by atoms with Crippen molar-refractivity contribution in [2.24, 2.45) is 5.92 Å². The predicted octanol–water partition coefficient (Wildman–Crippen LogP) is 0.945. The third kappa shape index (κ3) is 4.21. The summed E-state index contributed by atoms with van der Waals surface area (Å²) >= 11 is 5.83. The summed E-state index contributed by atoms with van der Waals surface area (Å²) in [7, 11) is 0. The van der Waals surface area contributed by atoms with Gasteiger partial charge in [-0.15, -0.1) is 0 Å². The SMILES string of the molecule is CC(=O)NCCNC(=O)C1CC(=O)N(c2ccc(Cl)cc2)C1. The molecule has 0 aromatic heterocycles. The number of nitrogens with one attached hydrogen (secondary N) is 2. The number of benzene rings is 1. The van der Waals surface area contributed by atoms with Gasteiger partial charge in [-0.05, 0) is 24.3 Å². The topological polar surface area (TPSA) is 78.5 Å². The molecule has 1 aromatic rings. The Hall–Kier alpha value is -2.08. The quantitative estimate of drug-likeness (QED) is 0.792. The third-order valence-electron chi connectivity index (χ3n) is 3.43. The number of amides is 3. The van der Waals surface area contributed by atoms with E-state index in [0.29, 0.717) is 24.7 Å². The second-order valence-corrected chi connectivity index (χ2v) is 5.59. The molecular formula is C15H18ClN3O3. The van der Waals surface area contributed by atoms with Gasteiger partial charge in [0.15, 0.2) is 0 Å². The summed E-state index contributed by atoms with van der Waals surface area (Å²) in [6, 6.07) is 6.95. The van der Waals surface area contributed by atoms with Gasteiger partial charge in [0.25, 0.3) is 0 Å². The van der Waals surface area contributed by atoms with E-state index in [9.17, 15) is 14.4 Å². The molecule has 2 N–H and O–H groups in total. The molecule has 118 valence electrons. The Kier molecular flexibility index (Phi) is 5.38. The minimum atomic E-state index is -0.375. The fraction of sp³-hybridized carbons (Fsp3) is 0.400. The summed E-state index contributed by atoms with van der Waals surface area (Å²) in [6.45, 7) is 2.50. The highest BCUT2D eigenvalue weighted by Gasteiger charge is 2.34. The first-order valence-electron chi connectivity index (χ1n) is 7.05. The molecule has 1 aliphatic heterocycles. The van der Waals surface area contributed by atoms with Crippen LogP contribution in [0.25, 0.3) is 0 Å². The Morgan fingerprint density at radius 3 is 2.50 bits per heavy atom. The second kappa shape index (κ2) is 7.26. The summed E-state index contributed by atoms with van der Waals surface area (Å²) in [6.07, 6.45) is 0.189. The van der Waals surface area contributed by atoms with E-state index in [0.717, 1.165) is 5.69 Å². The molecular weight excluding hydrogens is 306 g/mol. The van der Waals surface area contributed by atoms with Crippen LogP contribution in [0.5, 0.6) is 0 Å². The van der Waals surface area contributed by atoms with Crippen LogP contribution in [0.2, 0.25) is 5.02 Å². The van der Waals surface area contributed by atoms with Gasteiger partial charge in [-0.25, -0.2) is 0 Å². The van der Waals surface area contributed by atoms with Gasteiger partial charge < -0.3 is 15.5 Å². The molecule has 1 unspecified atom stereocenters. The lowest BCUT2D eigenvalue weighted by Gasteiger charge is -2.16. The summed E-state index contributed by atoms with van der Waals surface area (Å²) in [5.41, 5.74) is 0.739. The van der Waals surface area contributed by atoms with E-state index < -0.39 is 0 Å². The highest BCUT2D eigenvalue weighted by atomic mass is 35.5. The Morgan fingerprint density at radius 1 is 1.23 bits per heavy atom. The van der Waals surface area contributed by atoms with Crippen LogP contribution in [0.4, 0.5) is 5.69 Å². The molecule has 0 bridgehead atoms. The largest absolute Gasteiger partial charge is 0.355 e. The molecule has 1 fully saturated rings. The molecule has 0 saturated carbocycles. The minimum Gasteiger partial charge on any atom is -0.355 e. The number of carbonyl (C=O) groups excluding carboxylic acids is 3. The molecule has 1 heterocycles. The normalized spacial score (nSPS) is 17.5. The zero-order chi connectivity index (χ0) is 16.1. The van der Waals surface area contributed by atoms with Gasteiger partial charge in [0.2, 0.25) is 17.7 Å². The maximum Gasteiger partial charge on any atom is 0.227 e. The third-order valence-corrected chi connectivity index (χ3v) is 3.68. The van der Waals surface area contributed by atoms with Crippen LogP contribution in [0, 0.1) is 5.92 Å². The van der Waals surface area contributed by atoms with E-state index in [2.05, 4.69) is 10.6 Å². The smallest absolute Gasteiger partial charge is 0.227 e. The number of rotatable bonds is 5. The van der Waals surface area contributed by atoms with Crippen molar-refractivity contribution in [2.45, 2.75) is 13.3 Å². The van der Waals surface area contributed by atoms with E-state index in [1.807, 2.05) is 0 Å². The second-order valence-electron chi connectivity index (χ2n) is 5.16. The number of anilines is 1. The van der Waals surface area contributed by atoms with Crippen LogP contribution >= 0.6 is 11.6 Å². The van der Waals surface area contributed by atoms with Crippen molar-refractivity contribution in [3.8, 4) is 0 Å². The highest BCUT2D eigenvalue weighted by Crippen LogP contribution is 2.26. The number of hydrogen-bond acceptors (Lipinski definition) is 3. The van der Waals surface area contributed by atoms with Gasteiger partial charge in [-0.2, -0.15) is 0 Å². The van der Waals surface area contributed by atoms with Gasteiger partial charge in [-0.3, -0.25) is 14.4 Å². The van der Waals surface area contributed by atoms with Gasteiger partial charge >= 0.3 is 0 Å². The first-order chi connectivity index (χ1) is 10.5. The van der Waals surface area contributed by atoms with Crippen LogP contribution in [0.15, 0.2) is 24.3 Å². The van der Waals surface area contributed by atoms with Gasteiger partial charge in [0.1, 0.15) is 0 Å². The van der Waals surface area contributed by atoms with Gasteiger partial charge in [0.05, 0.1) is 5.92 Å². The highest BCUT2D eigenvalue weighted by molar-refractivity contribution is 6.30. The molecule has 7 heteroatoms. The van der Waals surface area contributed by atoms with Crippen LogP contribution in [0.1, 0.15) is 13.3 Å². The van der Waals surface area contributed by atoms with Crippen molar-refractivity contribution < 1.29 is 14.4 Å². The van der Waals surface area contributed by atoms with E-state index in [1.165, 1.54) is 6.92 Å². The lowest BCUT2D eigenvalue weighted by Crippen LogP contribution is -2.37. The van der Waals surface area contributed by atoms with Crippen molar-refractivity contribution in [3.63, 3.8) is 0 Å². The summed E-state index contributed by atoms with van der Waals surface area (Å²) in [5, 5.41) is 5.92. The first kappa shape index (κ1) is 16.3. The Morgan fingerprint density at radius 2 is 1.86 bits per heavy atom.